The van der Waals surface area contributed by atoms with Gasteiger partial charge in [-0.1, -0.05) is 41.9 Å². The molecule has 130 valence electrons. The second kappa shape index (κ2) is 7.53. The van der Waals surface area contributed by atoms with E-state index in [0.29, 0.717) is 22.0 Å². The summed E-state index contributed by atoms with van der Waals surface area (Å²) in [5.41, 5.74) is 2.86. The average molecular weight is 359 g/mol. The maximum absolute atomic E-state index is 12.3. The topological polar surface area (TPSA) is 73.0 Å². The van der Waals surface area contributed by atoms with Crippen LogP contribution in [0.25, 0.3) is 11.3 Å². The van der Waals surface area contributed by atoms with E-state index in [-0.39, 0.29) is 12.5 Å². The van der Waals surface area contributed by atoms with Gasteiger partial charge in [0.05, 0.1) is 23.3 Å². The first-order valence-corrected chi connectivity index (χ1v) is 8.49. The van der Waals surface area contributed by atoms with E-state index in [1.165, 1.54) is 0 Å². The summed E-state index contributed by atoms with van der Waals surface area (Å²) in [7, 11) is 0. The van der Waals surface area contributed by atoms with Gasteiger partial charge in [0.15, 0.2) is 5.76 Å². The maximum Gasteiger partial charge on any atom is 0.255 e. The van der Waals surface area contributed by atoms with Crippen LogP contribution < -0.4 is 5.32 Å². The van der Waals surface area contributed by atoms with Crippen molar-refractivity contribution in [2.75, 3.05) is 0 Å². The normalized spacial score (nSPS) is 10.8. The van der Waals surface area contributed by atoms with Crippen LogP contribution in [0.3, 0.4) is 0 Å². The highest BCUT2D eigenvalue weighted by molar-refractivity contribution is 6.33. The van der Waals surface area contributed by atoms with E-state index in [1.54, 1.807) is 18.3 Å². The lowest BCUT2D eigenvalue weighted by molar-refractivity contribution is 0.0946. The Kier molecular flexibility index (Phi) is 5.19. The number of benzene rings is 1. The summed E-state index contributed by atoms with van der Waals surface area (Å²) in [5.74, 6) is 0.373. The highest BCUT2D eigenvalue weighted by Crippen LogP contribution is 2.26. The van der Waals surface area contributed by atoms with Gasteiger partial charge in [-0.25, -0.2) is 0 Å². The molecule has 0 fully saturated rings. The van der Waals surface area contributed by atoms with E-state index in [9.17, 15) is 4.79 Å². The number of hydrogen-bond acceptors (Lipinski definition) is 4. The molecule has 2 heterocycles. The van der Waals surface area contributed by atoms with E-state index in [1.807, 2.05) is 29.8 Å². The largest absolute Gasteiger partial charge is 0.359 e. The Morgan fingerprint density at radius 3 is 2.92 bits per heavy atom. The summed E-state index contributed by atoms with van der Waals surface area (Å²) in [6.07, 6.45) is 2.56. The second-order valence-electron chi connectivity index (χ2n) is 5.71. The van der Waals surface area contributed by atoms with Crippen molar-refractivity contribution in [2.24, 2.45) is 0 Å². The minimum absolute atomic E-state index is 0.185. The zero-order chi connectivity index (χ0) is 17.8. The quantitative estimate of drug-likeness (QED) is 0.726. The van der Waals surface area contributed by atoms with Crippen LogP contribution in [0.15, 0.2) is 41.1 Å². The van der Waals surface area contributed by atoms with Crippen molar-refractivity contribution in [3.8, 4) is 11.3 Å². The molecule has 0 bridgehead atoms. The summed E-state index contributed by atoms with van der Waals surface area (Å²) in [6.45, 7) is 5.00. The Morgan fingerprint density at radius 1 is 1.36 bits per heavy atom. The highest BCUT2D eigenvalue weighted by atomic mass is 35.5. The molecular formula is C18H19ClN4O2. The molecule has 3 rings (SSSR count). The monoisotopic (exact) mass is 358 g/mol. The first kappa shape index (κ1) is 17.2. The van der Waals surface area contributed by atoms with E-state index in [0.717, 1.165) is 24.2 Å². The summed E-state index contributed by atoms with van der Waals surface area (Å²) in [4.78, 5) is 12.3. The third-order valence-corrected chi connectivity index (χ3v) is 4.24. The average Bonchev–Trinajstić information content (AvgIpc) is 3.21. The van der Waals surface area contributed by atoms with Crippen LogP contribution in [0.1, 0.15) is 35.2 Å². The number of carbonyl (C=O) groups excluding carboxylic acids is 1. The number of aryl methyl sites for hydroxylation is 1. The zero-order valence-electron chi connectivity index (χ0n) is 14.1. The Morgan fingerprint density at radius 2 is 2.16 bits per heavy atom. The Hall–Kier alpha value is -2.60. The number of aromatic nitrogens is 3. The maximum atomic E-state index is 12.3. The van der Waals surface area contributed by atoms with Crippen LogP contribution in [-0.2, 0) is 13.1 Å². The molecule has 0 saturated heterocycles. The molecule has 0 radical (unpaired) electrons. The van der Waals surface area contributed by atoms with Gasteiger partial charge in [0, 0.05) is 23.9 Å². The van der Waals surface area contributed by atoms with Gasteiger partial charge in [-0.05, 0) is 19.4 Å². The van der Waals surface area contributed by atoms with Gasteiger partial charge in [0.1, 0.15) is 5.69 Å². The Bertz CT molecular complexity index is 885. The van der Waals surface area contributed by atoms with Gasteiger partial charge in [0.25, 0.3) is 5.91 Å². The lowest BCUT2D eigenvalue weighted by Crippen LogP contribution is -2.23. The lowest BCUT2D eigenvalue weighted by atomic mass is 10.1. The van der Waals surface area contributed by atoms with Gasteiger partial charge in [-0.15, -0.1) is 0 Å². The van der Waals surface area contributed by atoms with Crippen molar-refractivity contribution in [2.45, 2.75) is 33.4 Å². The Labute approximate surface area is 150 Å². The first-order valence-electron chi connectivity index (χ1n) is 8.11. The smallest absolute Gasteiger partial charge is 0.255 e. The molecule has 6 nitrogen and oxygen atoms in total. The molecule has 0 saturated carbocycles. The van der Waals surface area contributed by atoms with Crippen LogP contribution in [0.5, 0.6) is 0 Å². The van der Waals surface area contributed by atoms with Gasteiger partial charge in [0.2, 0.25) is 0 Å². The fraction of sp³-hybridized carbons (Fsp3) is 0.278. The van der Waals surface area contributed by atoms with E-state index >= 15 is 0 Å². The predicted octanol–water partition coefficient (Wildman–Crippen LogP) is 3.84. The molecule has 0 atom stereocenters. The molecule has 3 aromatic rings. The molecule has 0 aliphatic heterocycles. The van der Waals surface area contributed by atoms with E-state index in [2.05, 4.69) is 22.5 Å². The van der Waals surface area contributed by atoms with Gasteiger partial charge in [-0.3, -0.25) is 9.48 Å². The van der Waals surface area contributed by atoms with Crippen LogP contribution in [0, 0.1) is 6.92 Å². The van der Waals surface area contributed by atoms with Gasteiger partial charge < -0.3 is 9.84 Å². The van der Waals surface area contributed by atoms with E-state index < -0.39 is 0 Å². The van der Waals surface area contributed by atoms with Crippen molar-refractivity contribution in [3.63, 3.8) is 0 Å². The molecule has 1 N–H and O–H groups in total. The van der Waals surface area contributed by atoms with Crippen molar-refractivity contribution < 1.29 is 9.32 Å². The van der Waals surface area contributed by atoms with Crippen LogP contribution >= 0.6 is 11.6 Å². The summed E-state index contributed by atoms with van der Waals surface area (Å²) in [5, 5.41) is 11.7. The number of halogens is 1. The second-order valence-corrected chi connectivity index (χ2v) is 6.11. The van der Waals surface area contributed by atoms with E-state index in [4.69, 9.17) is 16.1 Å². The number of hydrogen-bond donors (Lipinski definition) is 1. The fourth-order valence-electron chi connectivity index (χ4n) is 2.56. The van der Waals surface area contributed by atoms with Gasteiger partial charge >= 0.3 is 0 Å². The minimum Gasteiger partial charge on any atom is -0.359 e. The first-order chi connectivity index (χ1) is 12.1. The summed E-state index contributed by atoms with van der Waals surface area (Å²) in [6, 6.07) is 9.18. The SMILES string of the molecule is CCCn1ncc(C(=O)NCc2cc(-c3ccccc3Cl)no2)c1C. The number of amides is 1. The lowest BCUT2D eigenvalue weighted by Gasteiger charge is -2.04. The van der Waals surface area contributed by atoms with Crippen molar-refractivity contribution in [1.82, 2.24) is 20.3 Å². The summed E-state index contributed by atoms with van der Waals surface area (Å²) < 4.78 is 7.12. The molecule has 1 amide bonds. The fourth-order valence-corrected chi connectivity index (χ4v) is 2.79. The van der Waals surface area contributed by atoms with Crippen molar-refractivity contribution in [3.05, 3.63) is 58.6 Å². The number of nitrogens with one attached hydrogen (secondary N) is 1. The van der Waals surface area contributed by atoms with Crippen molar-refractivity contribution in [1.29, 1.82) is 0 Å². The third-order valence-electron chi connectivity index (χ3n) is 3.92. The van der Waals surface area contributed by atoms with Gasteiger partial charge in [-0.2, -0.15) is 5.10 Å². The molecule has 25 heavy (non-hydrogen) atoms. The molecule has 0 unspecified atom stereocenters. The van der Waals surface area contributed by atoms with Crippen molar-refractivity contribution >= 4 is 17.5 Å². The number of carbonyl (C=O) groups is 1. The third kappa shape index (κ3) is 3.74. The molecule has 7 heteroatoms. The predicted molar refractivity (Wildman–Crippen MR) is 95.4 cm³/mol. The van der Waals surface area contributed by atoms with Crippen LogP contribution in [0.4, 0.5) is 0 Å². The number of rotatable bonds is 6. The molecule has 0 aliphatic carbocycles. The van der Waals surface area contributed by atoms with Crippen LogP contribution in [0.2, 0.25) is 5.02 Å². The Balaban J connectivity index is 1.66. The minimum atomic E-state index is -0.185. The standard InChI is InChI=1S/C18H19ClN4O2/c1-3-8-23-12(2)15(11-21-23)18(24)20-10-13-9-17(22-25-13)14-6-4-5-7-16(14)19/h4-7,9,11H,3,8,10H2,1-2H3,(H,20,24). The summed E-state index contributed by atoms with van der Waals surface area (Å²) >= 11 is 6.16. The molecule has 0 aliphatic rings. The molecule has 0 spiro atoms. The molecular weight excluding hydrogens is 340 g/mol. The highest BCUT2D eigenvalue weighted by Gasteiger charge is 2.15. The molecule has 2 aromatic heterocycles. The number of nitrogens with zero attached hydrogens (tertiary/aromatic N) is 3. The molecule has 1 aromatic carbocycles. The zero-order valence-corrected chi connectivity index (χ0v) is 14.9. The van der Waals surface area contributed by atoms with Crippen LogP contribution in [-0.4, -0.2) is 20.8 Å².